The Labute approximate surface area is 206 Å². The van der Waals surface area contributed by atoms with Gasteiger partial charge in [0.25, 0.3) is 0 Å². The molecule has 1 fully saturated rings. The Morgan fingerprint density at radius 2 is 1.34 bits per heavy atom. The van der Waals surface area contributed by atoms with Crippen LogP contribution in [0.2, 0.25) is 0 Å². The fourth-order valence-electron chi connectivity index (χ4n) is 4.39. The second-order valence-electron chi connectivity index (χ2n) is 8.29. The zero-order valence-corrected chi connectivity index (χ0v) is 20.3. The predicted octanol–water partition coefficient (Wildman–Crippen LogP) is 3.76. The lowest BCUT2D eigenvalue weighted by atomic mass is 9.80. The summed E-state index contributed by atoms with van der Waals surface area (Å²) in [6.45, 7) is 0.493. The molecule has 0 bridgehead atoms. The third-order valence-electron chi connectivity index (χ3n) is 6.27. The van der Waals surface area contributed by atoms with E-state index in [1.165, 1.54) is 0 Å². The first-order chi connectivity index (χ1) is 17.1. The van der Waals surface area contributed by atoms with Crippen LogP contribution in [0.25, 0.3) is 0 Å². The van der Waals surface area contributed by atoms with Crippen LogP contribution >= 0.6 is 0 Å². The molecule has 3 atom stereocenters. The number of aliphatic hydroxyl groups is 1. The molecule has 3 aromatic carbocycles. The van der Waals surface area contributed by atoms with E-state index in [9.17, 15) is 5.11 Å². The van der Waals surface area contributed by atoms with Crippen LogP contribution < -0.4 is 9.47 Å². The van der Waals surface area contributed by atoms with E-state index in [1.807, 2.05) is 78.9 Å². The second-order valence-corrected chi connectivity index (χ2v) is 8.29. The van der Waals surface area contributed by atoms with Gasteiger partial charge in [0.2, 0.25) is 0 Å². The lowest BCUT2D eigenvalue weighted by Gasteiger charge is -2.37. The number of rotatable bonds is 11. The van der Waals surface area contributed by atoms with Crippen LogP contribution in [0.1, 0.15) is 16.7 Å². The van der Waals surface area contributed by atoms with Gasteiger partial charge in [0, 0.05) is 7.11 Å². The molecule has 0 amide bonds. The lowest BCUT2D eigenvalue weighted by Crippen LogP contribution is -2.40. The van der Waals surface area contributed by atoms with E-state index >= 15 is 0 Å². The molecule has 0 aromatic heterocycles. The molecule has 3 aromatic rings. The van der Waals surface area contributed by atoms with Crippen molar-refractivity contribution in [2.75, 3.05) is 41.3 Å². The molecule has 1 aliphatic heterocycles. The maximum absolute atomic E-state index is 10.8. The zero-order chi connectivity index (χ0) is 24.7. The quantitative estimate of drug-likeness (QED) is 0.331. The largest absolute Gasteiger partial charge is 0.497 e. The molecule has 0 unspecified atom stereocenters. The van der Waals surface area contributed by atoms with Gasteiger partial charge in [0.15, 0.2) is 0 Å². The maximum atomic E-state index is 10.8. The standard InChI is InChI=1S/C28H32O7/c1-30-19-34-25-17-33-26(27(25)29)18-35-28(20-7-5-4-6-8-20,21-9-13-23(31-2)14-10-21)22-11-15-24(32-3)16-12-22/h4-16,25-27,29H,17-19H2,1-3H3/t25-,26+,27-/m0/s1. The molecule has 1 aliphatic rings. The fourth-order valence-corrected chi connectivity index (χ4v) is 4.39. The first kappa shape index (κ1) is 25.2. The summed E-state index contributed by atoms with van der Waals surface area (Å²) >= 11 is 0. The van der Waals surface area contributed by atoms with E-state index in [4.69, 9.17) is 28.4 Å². The van der Waals surface area contributed by atoms with Gasteiger partial charge < -0.3 is 33.5 Å². The number of hydrogen-bond acceptors (Lipinski definition) is 7. The highest BCUT2D eigenvalue weighted by Crippen LogP contribution is 2.42. The maximum Gasteiger partial charge on any atom is 0.146 e. The average molecular weight is 481 g/mol. The van der Waals surface area contributed by atoms with E-state index in [0.717, 1.165) is 28.2 Å². The van der Waals surface area contributed by atoms with Crippen molar-refractivity contribution in [3.05, 3.63) is 95.6 Å². The minimum absolute atomic E-state index is 0.0876. The van der Waals surface area contributed by atoms with Crippen molar-refractivity contribution in [2.24, 2.45) is 0 Å². The molecule has 7 nitrogen and oxygen atoms in total. The van der Waals surface area contributed by atoms with Crippen molar-refractivity contribution >= 4 is 0 Å². The Morgan fingerprint density at radius 1 is 0.800 bits per heavy atom. The summed E-state index contributed by atoms with van der Waals surface area (Å²) in [7, 11) is 4.82. The predicted molar refractivity (Wildman–Crippen MR) is 131 cm³/mol. The molecular formula is C28H32O7. The molecule has 4 rings (SSSR count). The molecule has 0 spiro atoms. The third-order valence-corrected chi connectivity index (χ3v) is 6.27. The Bertz CT molecular complexity index is 990. The summed E-state index contributed by atoms with van der Waals surface area (Å²) in [6.07, 6.45) is -1.88. The topological polar surface area (TPSA) is 75.6 Å². The van der Waals surface area contributed by atoms with Gasteiger partial charge in [-0.05, 0) is 41.0 Å². The summed E-state index contributed by atoms with van der Waals surface area (Å²) in [5.41, 5.74) is 1.78. The fraction of sp³-hybridized carbons (Fsp3) is 0.357. The minimum atomic E-state index is -0.978. The summed E-state index contributed by atoms with van der Waals surface area (Å²) < 4.78 is 33.9. The Morgan fingerprint density at radius 3 is 1.86 bits per heavy atom. The Balaban J connectivity index is 1.75. The monoisotopic (exact) mass is 480 g/mol. The van der Waals surface area contributed by atoms with Crippen LogP contribution in [0.15, 0.2) is 78.9 Å². The number of hydrogen-bond donors (Lipinski definition) is 1. The summed E-state index contributed by atoms with van der Waals surface area (Å²) in [4.78, 5) is 0. The average Bonchev–Trinajstić information content (AvgIpc) is 3.28. The third kappa shape index (κ3) is 5.34. The molecule has 0 saturated carbocycles. The first-order valence-electron chi connectivity index (χ1n) is 11.5. The minimum Gasteiger partial charge on any atom is -0.497 e. The van der Waals surface area contributed by atoms with Gasteiger partial charge in [0.05, 0.1) is 27.4 Å². The van der Waals surface area contributed by atoms with Crippen molar-refractivity contribution in [2.45, 2.75) is 23.9 Å². The van der Waals surface area contributed by atoms with Crippen molar-refractivity contribution in [3.63, 3.8) is 0 Å². The van der Waals surface area contributed by atoms with Crippen molar-refractivity contribution < 1.29 is 33.5 Å². The smallest absolute Gasteiger partial charge is 0.146 e. The first-order valence-corrected chi connectivity index (χ1v) is 11.5. The van der Waals surface area contributed by atoms with Gasteiger partial charge in [-0.1, -0.05) is 54.6 Å². The summed E-state index contributed by atoms with van der Waals surface area (Å²) in [5.74, 6) is 1.50. The number of methoxy groups -OCH3 is 3. The van der Waals surface area contributed by atoms with Crippen LogP contribution in [-0.2, 0) is 24.5 Å². The van der Waals surface area contributed by atoms with Gasteiger partial charge >= 0.3 is 0 Å². The van der Waals surface area contributed by atoms with Gasteiger partial charge in [-0.15, -0.1) is 0 Å². The number of benzene rings is 3. The summed E-state index contributed by atoms with van der Waals surface area (Å²) in [5, 5.41) is 10.8. The summed E-state index contributed by atoms with van der Waals surface area (Å²) in [6, 6.07) is 25.6. The van der Waals surface area contributed by atoms with Gasteiger partial charge in [0.1, 0.15) is 42.2 Å². The molecule has 1 saturated heterocycles. The molecular weight excluding hydrogens is 448 g/mol. The molecule has 0 aliphatic carbocycles. The van der Waals surface area contributed by atoms with E-state index in [0.29, 0.717) is 0 Å². The Kier molecular flexibility index (Phi) is 8.38. The highest BCUT2D eigenvalue weighted by atomic mass is 16.7. The molecule has 35 heavy (non-hydrogen) atoms. The normalized spacial score (nSPS) is 20.1. The molecule has 0 radical (unpaired) electrons. The second kappa shape index (κ2) is 11.7. The molecule has 186 valence electrons. The Hall–Kier alpha value is -2.94. The van der Waals surface area contributed by atoms with E-state index < -0.39 is 23.9 Å². The van der Waals surface area contributed by atoms with Crippen LogP contribution in [0.4, 0.5) is 0 Å². The van der Waals surface area contributed by atoms with Gasteiger partial charge in [-0.2, -0.15) is 0 Å². The van der Waals surface area contributed by atoms with Crippen LogP contribution in [0.3, 0.4) is 0 Å². The SMILES string of the molecule is COCO[C@H]1CO[C@H](COC(c2ccccc2)(c2ccc(OC)cc2)c2ccc(OC)cc2)[C@H]1O. The zero-order valence-electron chi connectivity index (χ0n) is 20.3. The lowest BCUT2D eigenvalue weighted by molar-refractivity contribution is -0.105. The molecule has 1 N–H and O–H groups in total. The van der Waals surface area contributed by atoms with Crippen LogP contribution in [-0.4, -0.2) is 64.8 Å². The van der Waals surface area contributed by atoms with Crippen molar-refractivity contribution in [3.8, 4) is 11.5 Å². The molecule has 7 heteroatoms. The van der Waals surface area contributed by atoms with E-state index in [-0.39, 0.29) is 20.0 Å². The number of aliphatic hydroxyl groups excluding tert-OH is 1. The van der Waals surface area contributed by atoms with Gasteiger partial charge in [-0.25, -0.2) is 0 Å². The van der Waals surface area contributed by atoms with Crippen molar-refractivity contribution in [1.29, 1.82) is 0 Å². The van der Waals surface area contributed by atoms with E-state index in [1.54, 1.807) is 21.3 Å². The van der Waals surface area contributed by atoms with Crippen LogP contribution in [0.5, 0.6) is 11.5 Å². The highest BCUT2D eigenvalue weighted by Gasteiger charge is 2.42. The molecule has 1 heterocycles. The van der Waals surface area contributed by atoms with Crippen molar-refractivity contribution in [1.82, 2.24) is 0 Å². The van der Waals surface area contributed by atoms with E-state index in [2.05, 4.69) is 0 Å². The van der Waals surface area contributed by atoms with Gasteiger partial charge in [-0.3, -0.25) is 0 Å². The van der Waals surface area contributed by atoms with Crippen LogP contribution in [0, 0.1) is 0 Å². The number of ether oxygens (including phenoxy) is 6. The highest BCUT2D eigenvalue weighted by molar-refractivity contribution is 5.49.